The van der Waals surface area contributed by atoms with Gasteiger partial charge in [0.15, 0.2) is 0 Å². The summed E-state index contributed by atoms with van der Waals surface area (Å²) in [5, 5.41) is 10.3. The summed E-state index contributed by atoms with van der Waals surface area (Å²) in [6.07, 6.45) is 0. The number of hydrogen-bond donors (Lipinski definition) is 0. The maximum Gasteiger partial charge on any atom is 1.00 e. The van der Waals surface area contributed by atoms with Crippen molar-refractivity contribution in [3.8, 4) is 0 Å². The van der Waals surface area contributed by atoms with Crippen LogP contribution in [0, 0.1) is 13.8 Å². The quantitative estimate of drug-likeness (QED) is 0.414. The molecular formula is C7H7N2NaO2. The molecule has 58 valence electrons. The molecule has 0 fully saturated rings. The van der Waals surface area contributed by atoms with Gasteiger partial charge in [0.1, 0.15) is 5.82 Å². The maximum absolute atomic E-state index is 10.3. The number of carbonyl (C=O) groups is 1. The molecule has 0 saturated carbocycles. The Labute approximate surface area is 92.3 Å². The van der Waals surface area contributed by atoms with E-state index in [-0.39, 0.29) is 35.3 Å². The van der Waals surface area contributed by atoms with Crippen molar-refractivity contribution in [2.75, 3.05) is 0 Å². The minimum absolute atomic E-state index is 0. The van der Waals surface area contributed by atoms with Gasteiger partial charge in [-0.05, 0) is 19.9 Å². The fourth-order valence-electron chi connectivity index (χ4n) is 0.822. The summed E-state index contributed by atoms with van der Waals surface area (Å²) >= 11 is 0. The number of carboxylic acid groups (broad SMARTS) is 1. The largest absolute Gasteiger partial charge is 1.00 e. The molecule has 0 bridgehead atoms. The summed E-state index contributed by atoms with van der Waals surface area (Å²) in [5.41, 5.74) is 0.576. The Kier molecular flexibility index (Phi) is 4.37. The van der Waals surface area contributed by atoms with Gasteiger partial charge in [-0.1, -0.05) is 0 Å². The van der Waals surface area contributed by atoms with Crippen molar-refractivity contribution in [1.29, 1.82) is 0 Å². The van der Waals surface area contributed by atoms with Gasteiger partial charge in [-0.2, -0.15) is 0 Å². The summed E-state index contributed by atoms with van der Waals surface area (Å²) in [4.78, 5) is 17.9. The Morgan fingerprint density at radius 1 is 1.42 bits per heavy atom. The molecule has 0 amide bonds. The SMILES string of the molecule is Cc1cc(C(=O)[O-])nc(C)n1.[Na+]. The third-order valence-electron chi connectivity index (χ3n) is 1.18. The van der Waals surface area contributed by atoms with Crippen molar-refractivity contribution >= 4 is 5.97 Å². The van der Waals surface area contributed by atoms with Crippen molar-refractivity contribution in [3.05, 3.63) is 23.3 Å². The number of carboxylic acids is 1. The van der Waals surface area contributed by atoms with E-state index in [0.717, 1.165) is 0 Å². The summed E-state index contributed by atoms with van der Waals surface area (Å²) in [6.45, 7) is 3.35. The van der Waals surface area contributed by atoms with Crippen LogP contribution in [0.15, 0.2) is 6.07 Å². The fraction of sp³-hybridized carbons (Fsp3) is 0.286. The predicted octanol–water partition coefficient (Wildman–Crippen LogP) is -3.54. The molecule has 0 radical (unpaired) electrons. The Morgan fingerprint density at radius 3 is 2.42 bits per heavy atom. The van der Waals surface area contributed by atoms with E-state index in [1.165, 1.54) is 6.07 Å². The molecular weight excluding hydrogens is 167 g/mol. The Hall–Kier alpha value is -0.450. The van der Waals surface area contributed by atoms with Crippen LogP contribution in [0.1, 0.15) is 22.0 Å². The normalized spacial score (nSPS) is 8.83. The minimum atomic E-state index is -1.27. The zero-order chi connectivity index (χ0) is 8.43. The molecule has 4 nitrogen and oxygen atoms in total. The van der Waals surface area contributed by atoms with Gasteiger partial charge < -0.3 is 9.90 Å². The first-order valence-corrected chi connectivity index (χ1v) is 3.13. The average Bonchev–Trinajstić information content (AvgIpc) is 1.85. The Balaban J connectivity index is 0.00000121. The van der Waals surface area contributed by atoms with Gasteiger partial charge in [-0.25, -0.2) is 9.97 Å². The molecule has 0 aliphatic carbocycles. The van der Waals surface area contributed by atoms with E-state index < -0.39 is 5.97 Å². The first-order chi connectivity index (χ1) is 5.09. The van der Waals surface area contributed by atoms with E-state index in [1.807, 2.05) is 0 Å². The second-order valence-electron chi connectivity index (χ2n) is 2.23. The Bertz CT molecular complexity index is 281. The molecule has 0 unspecified atom stereocenters. The topological polar surface area (TPSA) is 65.9 Å². The molecule has 0 spiro atoms. The summed E-state index contributed by atoms with van der Waals surface area (Å²) in [6, 6.07) is 1.38. The number of aryl methyl sites for hydroxylation is 2. The zero-order valence-corrected chi connectivity index (χ0v) is 9.29. The number of aromatic nitrogens is 2. The van der Waals surface area contributed by atoms with E-state index in [2.05, 4.69) is 9.97 Å². The first-order valence-electron chi connectivity index (χ1n) is 3.13. The Morgan fingerprint density at radius 2 is 2.00 bits per heavy atom. The van der Waals surface area contributed by atoms with Gasteiger partial charge in [0.05, 0.1) is 11.7 Å². The van der Waals surface area contributed by atoms with Crippen LogP contribution in [0.2, 0.25) is 0 Å². The van der Waals surface area contributed by atoms with E-state index in [1.54, 1.807) is 13.8 Å². The van der Waals surface area contributed by atoms with Gasteiger partial charge in [0, 0.05) is 5.69 Å². The number of hydrogen-bond acceptors (Lipinski definition) is 4. The smallest absolute Gasteiger partial charge is 0.543 e. The average molecular weight is 174 g/mol. The predicted molar refractivity (Wildman–Crippen MR) is 35.8 cm³/mol. The third kappa shape index (κ3) is 2.89. The molecule has 0 aliphatic heterocycles. The monoisotopic (exact) mass is 174 g/mol. The molecule has 12 heavy (non-hydrogen) atoms. The summed E-state index contributed by atoms with van der Waals surface area (Å²) in [7, 11) is 0. The fourth-order valence-corrected chi connectivity index (χ4v) is 0.822. The number of rotatable bonds is 1. The van der Waals surface area contributed by atoms with Crippen LogP contribution >= 0.6 is 0 Å². The first kappa shape index (κ1) is 11.6. The van der Waals surface area contributed by atoms with Crippen LogP contribution in [-0.2, 0) is 0 Å². The van der Waals surface area contributed by atoms with E-state index in [0.29, 0.717) is 11.5 Å². The molecule has 0 saturated heterocycles. The molecule has 1 heterocycles. The van der Waals surface area contributed by atoms with Gasteiger partial charge in [0.2, 0.25) is 0 Å². The third-order valence-corrected chi connectivity index (χ3v) is 1.18. The minimum Gasteiger partial charge on any atom is -0.543 e. The van der Waals surface area contributed by atoms with Crippen molar-refractivity contribution in [2.45, 2.75) is 13.8 Å². The van der Waals surface area contributed by atoms with Crippen molar-refractivity contribution in [1.82, 2.24) is 9.97 Å². The van der Waals surface area contributed by atoms with Crippen molar-refractivity contribution in [3.63, 3.8) is 0 Å². The van der Waals surface area contributed by atoms with E-state index >= 15 is 0 Å². The number of carbonyl (C=O) groups excluding carboxylic acids is 1. The molecule has 1 aromatic heterocycles. The molecule has 0 aliphatic rings. The standard InChI is InChI=1S/C7H8N2O2.Na/c1-4-3-6(7(10)11)9-5(2)8-4;/h3H,1-2H3,(H,10,11);/q;+1/p-1. The van der Waals surface area contributed by atoms with Crippen LogP contribution < -0.4 is 34.7 Å². The summed E-state index contributed by atoms with van der Waals surface area (Å²) < 4.78 is 0. The van der Waals surface area contributed by atoms with Gasteiger partial charge in [0.25, 0.3) is 0 Å². The van der Waals surface area contributed by atoms with Gasteiger partial charge >= 0.3 is 29.6 Å². The van der Waals surface area contributed by atoms with Crippen molar-refractivity contribution in [2.24, 2.45) is 0 Å². The van der Waals surface area contributed by atoms with Crippen molar-refractivity contribution < 1.29 is 39.5 Å². The molecule has 0 N–H and O–H groups in total. The molecule has 5 heteroatoms. The maximum atomic E-state index is 10.3. The molecule has 1 aromatic rings. The van der Waals surface area contributed by atoms with E-state index in [9.17, 15) is 9.90 Å². The molecule has 0 atom stereocenters. The van der Waals surface area contributed by atoms with Crippen LogP contribution in [0.5, 0.6) is 0 Å². The van der Waals surface area contributed by atoms with Crippen LogP contribution in [-0.4, -0.2) is 15.9 Å². The summed E-state index contributed by atoms with van der Waals surface area (Å²) in [5.74, 6) is -0.817. The van der Waals surface area contributed by atoms with Crippen LogP contribution in [0.25, 0.3) is 0 Å². The number of aromatic carboxylic acids is 1. The second-order valence-corrected chi connectivity index (χ2v) is 2.23. The van der Waals surface area contributed by atoms with Crippen LogP contribution in [0.3, 0.4) is 0 Å². The molecule has 1 rings (SSSR count). The van der Waals surface area contributed by atoms with Gasteiger partial charge in [-0.15, -0.1) is 0 Å². The van der Waals surface area contributed by atoms with Gasteiger partial charge in [-0.3, -0.25) is 0 Å². The zero-order valence-electron chi connectivity index (χ0n) is 7.29. The number of nitrogens with zero attached hydrogens (tertiary/aromatic N) is 2. The molecule has 0 aromatic carbocycles. The van der Waals surface area contributed by atoms with Crippen LogP contribution in [0.4, 0.5) is 0 Å². The van der Waals surface area contributed by atoms with E-state index in [4.69, 9.17) is 0 Å². The second kappa shape index (κ2) is 4.54.